The predicted octanol–water partition coefficient (Wildman–Crippen LogP) is 4.41. The van der Waals surface area contributed by atoms with Gasteiger partial charge in [0, 0.05) is 11.2 Å². The van der Waals surface area contributed by atoms with Crippen LogP contribution in [0, 0.1) is 6.92 Å². The Morgan fingerprint density at radius 3 is 2.72 bits per heavy atom. The maximum atomic E-state index is 6.05. The number of rotatable bonds is 3. The Morgan fingerprint density at radius 1 is 1.17 bits per heavy atom. The Bertz CT molecular complexity index is 578. The molecular weight excluding hydrogens is 246 g/mol. The highest BCUT2D eigenvalue weighted by Crippen LogP contribution is 2.25. The number of hydrogen-bond donors (Lipinski definition) is 0. The van der Waals surface area contributed by atoms with Crippen molar-refractivity contribution in [1.82, 2.24) is 0 Å². The van der Waals surface area contributed by atoms with E-state index in [-0.39, 0.29) is 0 Å². The molecule has 0 N–H and O–H groups in total. The van der Waals surface area contributed by atoms with Gasteiger partial charge in [0.2, 0.25) is 0 Å². The summed E-state index contributed by atoms with van der Waals surface area (Å²) in [4.78, 5) is 4.45. The predicted molar refractivity (Wildman–Crippen MR) is 76.4 cm³/mol. The molecule has 0 saturated heterocycles. The molecule has 0 saturated carbocycles. The summed E-state index contributed by atoms with van der Waals surface area (Å²) in [6, 6.07) is 13.5. The fourth-order valence-corrected chi connectivity index (χ4v) is 1.77. The average molecular weight is 260 g/mol. The van der Waals surface area contributed by atoms with Gasteiger partial charge in [-0.3, -0.25) is 4.99 Å². The number of ether oxygens (including phenoxy) is 1. The number of methoxy groups -OCH3 is 1. The van der Waals surface area contributed by atoms with E-state index in [9.17, 15) is 0 Å². The van der Waals surface area contributed by atoms with Crippen LogP contribution in [0.4, 0.5) is 5.69 Å². The van der Waals surface area contributed by atoms with E-state index in [0.717, 1.165) is 27.6 Å². The molecular formula is C15H14ClNO. The van der Waals surface area contributed by atoms with Crippen LogP contribution in [0.3, 0.4) is 0 Å². The van der Waals surface area contributed by atoms with Gasteiger partial charge in [-0.05, 0) is 42.3 Å². The van der Waals surface area contributed by atoms with Crippen LogP contribution < -0.4 is 4.74 Å². The van der Waals surface area contributed by atoms with E-state index >= 15 is 0 Å². The summed E-state index contributed by atoms with van der Waals surface area (Å²) in [5.41, 5.74) is 2.86. The first kappa shape index (κ1) is 12.7. The number of hydrogen-bond acceptors (Lipinski definition) is 2. The quantitative estimate of drug-likeness (QED) is 0.749. The van der Waals surface area contributed by atoms with Gasteiger partial charge in [0.05, 0.1) is 12.8 Å². The molecule has 0 bridgehead atoms. The van der Waals surface area contributed by atoms with Gasteiger partial charge in [0.1, 0.15) is 5.75 Å². The van der Waals surface area contributed by atoms with Gasteiger partial charge in [0.15, 0.2) is 0 Å². The summed E-state index contributed by atoms with van der Waals surface area (Å²) in [5.74, 6) is 0.821. The zero-order chi connectivity index (χ0) is 13.0. The van der Waals surface area contributed by atoms with E-state index in [4.69, 9.17) is 16.3 Å². The molecule has 2 nitrogen and oxygen atoms in total. The summed E-state index contributed by atoms with van der Waals surface area (Å²) >= 11 is 6.05. The smallest absolute Gasteiger partial charge is 0.119 e. The highest BCUT2D eigenvalue weighted by atomic mass is 35.5. The lowest BCUT2D eigenvalue weighted by Crippen LogP contribution is -1.86. The normalized spacial score (nSPS) is 10.8. The Hall–Kier alpha value is -1.80. The SMILES string of the molecule is COc1cccc(C=Nc2cccc(Cl)c2C)c1. The van der Waals surface area contributed by atoms with Crippen molar-refractivity contribution in [2.75, 3.05) is 7.11 Å². The minimum Gasteiger partial charge on any atom is -0.497 e. The number of halogens is 1. The van der Waals surface area contributed by atoms with Crippen molar-refractivity contribution in [2.45, 2.75) is 6.92 Å². The van der Waals surface area contributed by atoms with Gasteiger partial charge >= 0.3 is 0 Å². The van der Waals surface area contributed by atoms with E-state index in [1.807, 2.05) is 49.4 Å². The van der Waals surface area contributed by atoms with Gasteiger partial charge in [-0.25, -0.2) is 0 Å². The minimum absolute atomic E-state index is 0.732. The molecule has 0 aliphatic heterocycles. The lowest BCUT2D eigenvalue weighted by atomic mass is 10.2. The van der Waals surface area contributed by atoms with Gasteiger partial charge < -0.3 is 4.74 Å². The molecule has 0 amide bonds. The Kier molecular flexibility index (Phi) is 4.00. The summed E-state index contributed by atoms with van der Waals surface area (Å²) in [6.07, 6.45) is 1.81. The van der Waals surface area contributed by atoms with Crippen LogP contribution in [0.5, 0.6) is 5.75 Å². The Balaban J connectivity index is 2.27. The number of benzene rings is 2. The van der Waals surface area contributed by atoms with Crippen LogP contribution in [0.1, 0.15) is 11.1 Å². The van der Waals surface area contributed by atoms with E-state index in [0.29, 0.717) is 0 Å². The van der Waals surface area contributed by atoms with Gasteiger partial charge in [-0.1, -0.05) is 29.8 Å². The third-order valence-electron chi connectivity index (χ3n) is 2.69. The summed E-state index contributed by atoms with van der Waals surface area (Å²) in [5, 5.41) is 0.732. The Morgan fingerprint density at radius 2 is 1.94 bits per heavy atom. The molecule has 0 aromatic heterocycles. The molecule has 0 fully saturated rings. The van der Waals surface area contributed by atoms with E-state index in [2.05, 4.69) is 4.99 Å². The van der Waals surface area contributed by atoms with E-state index < -0.39 is 0 Å². The van der Waals surface area contributed by atoms with Crippen LogP contribution in [0.25, 0.3) is 0 Å². The zero-order valence-electron chi connectivity index (χ0n) is 10.4. The molecule has 2 aromatic carbocycles. The Labute approximate surface area is 112 Å². The molecule has 2 aromatic rings. The zero-order valence-corrected chi connectivity index (χ0v) is 11.1. The molecule has 0 aliphatic carbocycles. The highest BCUT2D eigenvalue weighted by molar-refractivity contribution is 6.31. The van der Waals surface area contributed by atoms with E-state index in [1.54, 1.807) is 13.3 Å². The first-order chi connectivity index (χ1) is 8.70. The van der Waals surface area contributed by atoms with Crippen molar-refractivity contribution in [3.05, 3.63) is 58.6 Å². The third kappa shape index (κ3) is 2.90. The molecule has 92 valence electrons. The molecule has 0 unspecified atom stereocenters. The first-order valence-electron chi connectivity index (χ1n) is 5.64. The van der Waals surface area contributed by atoms with Crippen molar-refractivity contribution >= 4 is 23.5 Å². The largest absolute Gasteiger partial charge is 0.497 e. The molecule has 2 rings (SSSR count). The second-order valence-electron chi connectivity index (χ2n) is 3.92. The van der Waals surface area contributed by atoms with Crippen LogP contribution >= 0.6 is 11.6 Å². The lowest BCUT2D eigenvalue weighted by Gasteiger charge is -2.02. The lowest BCUT2D eigenvalue weighted by molar-refractivity contribution is 0.415. The highest BCUT2D eigenvalue weighted by Gasteiger charge is 1.99. The maximum absolute atomic E-state index is 6.05. The van der Waals surface area contributed by atoms with E-state index in [1.165, 1.54) is 0 Å². The van der Waals surface area contributed by atoms with Crippen molar-refractivity contribution in [2.24, 2.45) is 4.99 Å². The fourth-order valence-electron chi connectivity index (χ4n) is 1.60. The van der Waals surface area contributed by atoms with Gasteiger partial charge in [0.25, 0.3) is 0 Å². The minimum atomic E-state index is 0.732. The number of nitrogens with zero attached hydrogens (tertiary/aromatic N) is 1. The van der Waals surface area contributed by atoms with Crippen LogP contribution in [-0.4, -0.2) is 13.3 Å². The summed E-state index contributed by atoms with van der Waals surface area (Å²) in [7, 11) is 1.65. The standard InChI is InChI=1S/C15H14ClNO/c1-11-14(16)7-4-8-15(11)17-10-12-5-3-6-13(9-12)18-2/h3-10H,1-2H3. The first-order valence-corrected chi connectivity index (χ1v) is 6.02. The third-order valence-corrected chi connectivity index (χ3v) is 3.10. The van der Waals surface area contributed by atoms with Crippen LogP contribution in [0.15, 0.2) is 47.5 Å². The van der Waals surface area contributed by atoms with Crippen LogP contribution in [0.2, 0.25) is 5.02 Å². The molecule has 0 radical (unpaired) electrons. The topological polar surface area (TPSA) is 21.6 Å². The average Bonchev–Trinajstić information content (AvgIpc) is 2.41. The molecule has 3 heteroatoms. The van der Waals surface area contributed by atoms with Crippen LogP contribution in [-0.2, 0) is 0 Å². The van der Waals surface area contributed by atoms with Gasteiger partial charge in [-0.2, -0.15) is 0 Å². The van der Waals surface area contributed by atoms with Crippen molar-refractivity contribution in [1.29, 1.82) is 0 Å². The van der Waals surface area contributed by atoms with Gasteiger partial charge in [-0.15, -0.1) is 0 Å². The fraction of sp³-hybridized carbons (Fsp3) is 0.133. The second-order valence-corrected chi connectivity index (χ2v) is 4.33. The second kappa shape index (κ2) is 5.69. The van der Waals surface area contributed by atoms with Crippen molar-refractivity contribution in [3.63, 3.8) is 0 Å². The molecule has 0 atom stereocenters. The number of aliphatic imine (C=N–C) groups is 1. The molecule has 0 spiro atoms. The summed E-state index contributed by atoms with van der Waals surface area (Å²) in [6.45, 7) is 1.96. The molecule has 0 heterocycles. The monoisotopic (exact) mass is 259 g/mol. The van der Waals surface area contributed by atoms with Crippen molar-refractivity contribution < 1.29 is 4.74 Å². The molecule has 18 heavy (non-hydrogen) atoms. The summed E-state index contributed by atoms with van der Waals surface area (Å²) < 4.78 is 5.17. The maximum Gasteiger partial charge on any atom is 0.119 e. The molecule has 0 aliphatic rings. The van der Waals surface area contributed by atoms with Crippen molar-refractivity contribution in [3.8, 4) is 5.75 Å².